The average Bonchev–Trinajstić information content (AvgIpc) is 3.26. The number of amides is 1. The van der Waals surface area contributed by atoms with Gasteiger partial charge in [0.1, 0.15) is 17.3 Å². The summed E-state index contributed by atoms with van der Waals surface area (Å²) in [6, 6.07) is 3.61. The Balaban J connectivity index is 1.98. The van der Waals surface area contributed by atoms with Gasteiger partial charge in [0, 0.05) is 5.69 Å². The number of hydrogen-bond donors (Lipinski definition) is 1. The van der Waals surface area contributed by atoms with Gasteiger partial charge in [-0.3, -0.25) is 4.79 Å². The predicted molar refractivity (Wildman–Crippen MR) is 97.8 cm³/mol. The van der Waals surface area contributed by atoms with E-state index < -0.39 is 88.5 Å². The molecule has 0 radical (unpaired) electrons. The number of nitrogens with one attached hydrogen (secondary N) is 1. The van der Waals surface area contributed by atoms with E-state index in [1.807, 2.05) is 0 Å². The Morgan fingerprint density at radius 3 is 2.03 bits per heavy atom. The number of ether oxygens (including phenoxy) is 1. The highest BCUT2D eigenvalue weighted by Gasteiger charge is 2.53. The van der Waals surface area contributed by atoms with Gasteiger partial charge < -0.3 is 15.0 Å². The lowest BCUT2D eigenvalue weighted by Gasteiger charge is -2.27. The third-order valence-electron chi connectivity index (χ3n) is 4.90. The number of nitriles is 2. The van der Waals surface area contributed by atoms with Crippen LogP contribution >= 0.6 is 0 Å². The van der Waals surface area contributed by atoms with E-state index in [1.165, 1.54) is 11.4 Å². The van der Waals surface area contributed by atoms with E-state index in [-0.39, 0.29) is 11.0 Å². The second-order valence-electron chi connectivity index (χ2n) is 7.12. The van der Waals surface area contributed by atoms with Gasteiger partial charge >= 0.3 is 12.4 Å². The molecule has 6 nitrogen and oxygen atoms in total. The number of halogens is 10. The van der Waals surface area contributed by atoms with E-state index in [9.17, 15) is 48.7 Å². The highest BCUT2D eigenvalue weighted by molar-refractivity contribution is 5.95. The molecule has 36 heavy (non-hydrogen) atoms. The van der Waals surface area contributed by atoms with Crippen LogP contribution < -0.4 is 10.2 Å². The van der Waals surface area contributed by atoms with Crippen LogP contribution in [0.2, 0.25) is 0 Å². The molecule has 2 unspecified atom stereocenters. The van der Waals surface area contributed by atoms with Gasteiger partial charge in [0.05, 0.1) is 23.7 Å². The molecule has 0 saturated carbocycles. The number of alkyl halides is 6. The van der Waals surface area contributed by atoms with Crippen molar-refractivity contribution in [2.75, 3.05) is 16.8 Å². The van der Waals surface area contributed by atoms with Crippen LogP contribution in [0.1, 0.15) is 16.7 Å². The number of anilines is 2. The van der Waals surface area contributed by atoms with Crippen LogP contribution in [0.3, 0.4) is 0 Å². The second-order valence-corrected chi connectivity index (χ2v) is 7.12. The van der Waals surface area contributed by atoms with Gasteiger partial charge in [-0.15, -0.1) is 0 Å². The monoisotopic (exact) mass is 526 g/mol. The minimum absolute atomic E-state index is 0.174. The molecule has 1 fully saturated rings. The molecule has 0 aromatic heterocycles. The Kier molecular flexibility index (Phi) is 6.78. The fourth-order valence-corrected chi connectivity index (χ4v) is 3.27. The molecule has 2 aromatic carbocycles. The van der Waals surface area contributed by atoms with E-state index in [1.54, 1.807) is 0 Å². The Labute approximate surface area is 193 Å². The first kappa shape index (κ1) is 26.6. The largest absolute Gasteiger partial charge is 0.433 e. The summed E-state index contributed by atoms with van der Waals surface area (Å²) in [7, 11) is 0. The van der Waals surface area contributed by atoms with Crippen molar-refractivity contribution in [2.45, 2.75) is 24.7 Å². The molecule has 1 heterocycles. The first-order valence-electron chi connectivity index (χ1n) is 9.28. The number of hydrogen-bond acceptors (Lipinski definition) is 5. The standard InChI is InChI=1S/C20H8F10N4O2/c21-12-9(5-32)13(22)15(24)16(14(12)23)33-17(35)11-6-34(18(36-11)20(28,29)30)8-2-1-7(4-31)10(3-8)19(25,26)27/h1-3,11,18H,6H2,(H,33,35). The zero-order chi connectivity index (χ0) is 27.2. The molecule has 1 N–H and O–H groups in total. The highest BCUT2D eigenvalue weighted by Crippen LogP contribution is 2.39. The summed E-state index contributed by atoms with van der Waals surface area (Å²) in [5.74, 6) is -10.6. The number of rotatable bonds is 3. The molecule has 3 rings (SSSR count). The Morgan fingerprint density at radius 2 is 1.56 bits per heavy atom. The van der Waals surface area contributed by atoms with Gasteiger partial charge in [-0.1, -0.05) is 0 Å². The van der Waals surface area contributed by atoms with Crippen LogP contribution in [0.15, 0.2) is 18.2 Å². The van der Waals surface area contributed by atoms with Gasteiger partial charge in [0.15, 0.2) is 29.4 Å². The fourth-order valence-electron chi connectivity index (χ4n) is 3.27. The first-order valence-corrected chi connectivity index (χ1v) is 9.28. The quantitative estimate of drug-likeness (QED) is 0.461. The van der Waals surface area contributed by atoms with E-state index in [0.29, 0.717) is 6.07 Å². The molecule has 0 bridgehead atoms. The lowest BCUT2D eigenvalue weighted by atomic mass is 10.1. The van der Waals surface area contributed by atoms with Crippen LogP contribution in [-0.2, 0) is 15.7 Å². The number of carbonyl (C=O) groups excluding carboxylic acids is 1. The van der Waals surface area contributed by atoms with Gasteiger partial charge in [0.25, 0.3) is 5.91 Å². The maximum absolute atomic E-state index is 14.1. The summed E-state index contributed by atoms with van der Waals surface area (Å²) in [5, 5.41) is 18.7. The summed E-state index contributed by atoms with van der Waals surface area (Å²) < 4.78 is 141. The van der Waals surface area contributed by atoms with Crippen molar-refractivity contribution in [3.05, 3.63) is 58.2 Å². The molecule has 0 spiro atoms. The van der Waals surface area contributed by atoms with Crippen LogP contribution in [0.5, 0.6) is 0 Å². The van der Waals surface area contributed by atoms with Crippen molar-refractivity contribution in [1.29, 1.82) is 10.5 Å². The SMILES string of the molecule is N#Cc1ccc(N2CC(C(=O)Nc3c(F)c(F)c(C#N)c(F)c3F)OC2C(F)(F)F)cc1C(F)(F)F. The van der Waals surface area contributed by atoms with Crippen molar-refractivity contribution < 1.29 is 53.4 Å². The lowest BCUT2D eigenvalue weighted by Crippen LogP contribution is -2.42. The maximum Gasteiger partial charge on any atom is 0.433 e. The third kappa shape index (κ3) is 4.72. The molecule has 1 aliphatic heterocycles. The fraction of sp³-hybridized carbons (Fsp3) is 0.250. The lowest BCUT2D eigenvalue weighted by molar-refractivity contribution is -0.212. The van der Waals surface area contributed by atoms with Gasteiger partial charge in [-0.05, 0) is 18.2 Å². The summed E-state index contributed by atoms with van der Waals surface area (Å²) >= 11 is 0. The number of carbonyl (C=O) groups is 1. The summed E-state index contributed by atoms with van der Waals surface area (Å²) in [6.07, 6.45) is -15.7. The molecule has 16 heteroatoms. The maximum atomic E-state index is 14.1. The molecule has 1 aliphatic rings. The zero-order valence-electron chi connectivity index (χ0n) is 17.0. The Hall–Kier alpha value is -4.05. The van der Waals surface area contributed by atoms with Crippen LogP contribution in [-0.4, -0.2) is 31.0 Å². The molecule has 2 atom stereocenters. The molecule has 0 aliphatic carbocycles. The van der Waals surface area contributed by atoms with E-state index in [2.05, 4.69) is 4.74 Å². The van der Waals surface area contributed by atoms with Gasteiger partial charge in [-0.25, -0.2) is 17.6 Å². The van der Waals surface area contributed by atoms with Crippen molar-refractivity contribution in [3.63, 3.8) is 0 Å². The normalized spacial score (nSPS) is 18.1. The van der Waals surface area contributed by atoms with E-state index >= 15 is 0 Å². The minimum Gasteiger partial charge on any atom is -0.335 e. The summed E-state index contributed by atoms with van der Waals surface area (Å²) in [5.41, 5.74) is -6.68. The predicted octanol–water partition coefficient (Wildman–Crippen LogP) is 4.74. The number of benzene rings is 2. The summed E-state index contributed by atoms with van der Waals surface area (Å²) in [4.78, 5) is 12.5. The molecule has 190 valence electrons. The molecule has 1 amide bonds. The average molecular weight is 526 g/mol. The Bertz CT molecular complexity index is 1280. The van der Waals surface area contributed by atoms with E-state index in [0.717, 1.165) is 12.1 Å². The minimum atomic E-state index is -5.30. The molecule has 2 aromatic rings. The highest BCUT2D eigenvalue weighted by atomic mass is 19.4. The zero-order valence-corrected chi connectivity index (χ0v) is 17.0. The van der Waals surface area contributed by atoms with Crippen LogP contribution in [0.25, 0.3) is 0 Å². The van der Waals surface area contributed by atoms with Gasteiger partial charge in [0.2, 0.25) is 6.23 Å². The second kappa shape index (κ2) is 9.19. The van der Waals surface area contributed by atoms with Crippen molar-refractivity contribution >= 4 is 17.3 Å². The third-order valence-corrected chi connectivity index (χ3v) is 4.90. The van der Waals surface area contributed by atoms with Crippen LogP contribution in [0.4, 0.5) is 55.3 Å². The first-order chi connectivity index (χ1) is 16.6. The topological polar surface area (TPSA) is 89.2 Å². The Morgan fingerprint density at radius 1 is 0.972 bits per heavy atom. The summed E-state index contributed by atoms with van der Waals surface area (Å²) in [6.45, 7) is -1.12. The molecule has 1 saturated heterocycles. The van der Waals surface area contributed by atoms with E-state index in [4.69, 9.17) is 10.5 Å². The van der Waals surface area contributed by atoms with Crippen molar-refractivity contribution in [2.24, 2.45) is 0 Å². The van der Waals surface area contributed by atoms with Crippen LogP contribution in [0, 0.1) is 45.9 Å². The van der Waals surface area contributed by atoms with Gasteiger partial charge in [-0.2, -0.15) is 36.9 Å². The molecular formula is C20H8F10N4O2. The number of nitrogens with zero attached hydrogens (tertiary/aromatic N) is 3. The van der Waals surface area contributed by atoms with Crippen molar-refractivity contribution in [3.8, 4) is 12.1 Å². The van der Waals surface area contributed by atoms with Crippen molar-refractivity contribution in [1.82, 2.24) is 0 Å². The molecular weight excluding hydrogens is 518 g/mol. The smallest absolute Gasteiger partial charge is 0.335 e.